The van der Waals surface area contributed by atoms with E-state index in [-0.39, 0.29) is 17.2 Å². The van der Waals surface area contributed by atoms with Gasteiger partial charge in [0.25, 0.3) is 0 Å². The van der Waals surface area contributed by atoms with Gasteiger partial charge in [0.2, 0.25) is 5.91 Å². The van der Waals surface area contributed by atoms with Crippen molar-refractivity contribution in [3.05, 3.63) is 18.2 Å². The maximum atomic E-state index is 12.1. The lowest BCUT2D eigenvalue weighted by Crippen LogP contribution is -2.45. The van der Waals surface area contributed by atoms with Crippen molar-refractivity contribution in [1.82, 2.24) is 0 Å². The monoisotopic (exact) mass is 251 g/mol. The van der Waals surface area contributed by atoms with Crippen molar-refractivity contribution in [2.45, 2.75) is 30.0 Å². The molecule has 1 heterocycles. The number of nitrogen functional groups attached to an aromatic ring is 1. The van der Waals surface area contributed by atoms with E-state index in [4.69, 9.17) is 11.5 Å². The van der Waals surface area contributed by atoms with Gasteiger partial charge in [0, 0.05) is 23.2 Å². The van der Waals surface area contributed by atoms with Gasteiger partial charge in [-0.05, 0) is 32.0 Å². The molecule has 2 unspecified atom stereocenters. The molecule has 1 aromatic rings. The Bertz CT molecular complexity index is 447. The first-order valence-electron chi connectivity index (χ1n) is 5.62. The number of hydrogen-bond donors (Lipinski definition) is 2. The summed E-state index contributed by atoms with van der Waals surface area (Å²) in [7, 11) is 0. The Labute approximate surface area is 105 Å². The minimum atomic E-state index is -0.0649. The third-order valence-corrected chi connectivity index (χ3v) is 3.82. The molecule has 0 saturated heterocycles. The van der Waals surface area contributed by atoms with Crippen molar-refractivity contribution in [2.24, 2.45) is 5.73 Å². The van der Waals surface area contributed by atoms with E-state index in [0.717, 1.165) is 10.6 Å². The lowest BCUT2D eigenvalue weighted by Gasteiger charge is -2.33. The number of nitrogens with two attached hydrogens (primary N) is 2. The minimum absolute atomic E-state index is 0.0523. The zero-order valence-electron chi connectivity index (χ0n) is 10.0. The average molecular weight is 251 g/mol. The second-order valence-electron chi connectivity index (χ2n) is 4.41. The van der Waals surface area contributed by atoms with Crippen LogP contribution in [0.5, 0.6) is 0 Å². The highest BCUT2D eigenvalue weighted by Gasteiger charge is 2.30. The van der Waals surface area contributed by atoms with Gasteiger partial charge in [0.15, 0.2) is 0 Å². The second kappa shape index (κ2) is 4.58. The molecular formula is C12H17N3OS. The van der Waals surface area contributed by atoms with E-state index < -0.39 is 0 Å². The van der Waals surface area contributed by atoms with Crippen LogP contribution in [-0.4, -0.2) is 23.7 Å². The maximum Gasteiger partial charge on any atom is 0.240 e. The van der Waals surface area contributed by atoms with E-state index >= 15 is 0 Å². The molecule has 0 aromatic heterocycles. The number of nitrogens with zero attached hydrogens (tertiary/aromatic N) is 1. The number of thioether (sulfide) groups is 1. The Hall–Kier alpha value is -1.20. The molecule has 1 aliphatic heterocycles. The van der Waals surface area contributed by atoms with Crippen LogP contribution in [-0.2, 0) is 4.79 Å². The predicted molar refractivity (Wildman–Crippen MR) is 72.2 cm³/mol. The third-order valence-electron chi connectivity index (χ3n) is 2.66. The van der Waals surface area contributed by atoms with Crippen LogP contribution in [0.4, 0.5) is 11.4 Å². The Balaban J connectivity index is 2.43. The molecule has 5 heteroatoms. The number of rotatable bonds is 2. The summed E-state index contributed by atoms with van der Waals surface area (Å²) >= 11 is 1.57. The number of benzene rings is 1. The summed E-state index contributed by atoms with van der Waals surface area (Å²) in [6.07, 6.45) is 0. The van der Waals surface area contributed by atoms with Crippen LogP contribution in [0.2, 0.25) is 0 Å². The molecule has 4 N–H and O–H groups in total. The van der Waals surface area contributed by atoms with E-state index in [0.29, 0.717) is 12.2 Å². The fourth-order valence-corrected chi connectivity index (χ4v) is 2.95. The van der Waals surface area contributed by atoms with Crippen LogP contribution < -0.4 is 16.4 Å². The van der Waals surface area contributed by atoms with Crippen molar-refractivity contribution in [3.8, 4) is 0 Å². The third kappa shape index (κ3) is 2.40. The van der Waals surface area contributed by atoms with Crippen molar-refractivity contribution in [3.63, 3.8) is 0 Å². The molecule has 1 amide bonds. The van der Waals surface area contributed by atoms with Crippen LogP contribution in [0.3, 0.4) is 0 Å². The molecule has 92 valence electrons. The molecule has 17 heavy (non-hydrogen) atoms. The fourth-order valence-electron chi connectivity index (χ4n) is 1.90. The van der Waals surface area contributed by atoms with Gasteiger partial charge in [-0.3, -0.25) is 4.79 Å². The first-order valence-corrected chi connectivity index (χ1v) is 6.50. The zero-order chi connectivity index (χ0) is 12.6. The summed E-state index contributed by atoms with van der Waals surface area (Å²) in [4.78, 5) is 15.0. The highest BCUT2D eigenvalue weighted by atomic mass is 32.2. The molecule has 0 saturated carbocycles. The van der Waals surface area contributed by atoms with Crippen LogP contribution in [0, 0.1) is 0 Å². The van der Waals surface area contributed by atoms with E-state index in [1.54, 1.807) is 16.7 Å². The van der Waals surface area contributed by atoms with Crippen molar-refractivity contribution in [2.75, 3.05) is 17.2 Å². The summed E-state index contributed by atoms with van der Waals surface area (Å²) in [5.74, 6) is 0.102. The Morgan fingerprint density at radius 2 is 2.24 bits per heavy atom. The molecule has 0 fully saturated rings. The summed E-state index contributed by atoms with van der Waals surface area (Å²) in [5, 5.41) is -0.0649. The molecule has 0 spiro atoms. The molecule has 0 aliphatic carbocycles. The molecule has 2 atom stereocenters. The van der Waals surface area contributed by atoms with Gasteiger partial charge in [-0.15, -0.1) is 11.8 Å². The van der Waals surface area contributed by atoms with E-state index in [2.05, 4.69) is 0 Å². The normalized spacial score (nSPS) is 21.2. The number of carbonyl (C=O) groups is 1. The van der Waals surface area contributed by atoms with Crippen molar-refractivity contribution < 1.29 is 4.79 Å². The zero-order valence-corrected chi connectivity index (χ0v) is 10.8. The Morgan fingerprint density at radius 3 is 2.88 bits per heavy atom. The second-order valence-corrected chi connectivity index (χ2v) is 5.80. The van der Waals surface area contributed by atoms with Gasteiger partial charge in [-0.1, -0.05) is 0 Å². The van der Waals surface area contributed by atoms with Gasteiger partial charge in [-0.2, -0.15) is 0 Å². The van der Waals surface area contributed by atoms with Crippen LogP contribution >= 0.6 is 11.8 Å². The van der Waals surface area contributed by atoms with Crippen LogP contribution in [0.1, 0.15) is 13.8 Å². The number of carbonyl (C=O) groups excluding carboxylic acids is 1. The number of amides is 1. The summed E-state index contributed by atoms with van der Waals surface area (Å²) in [5.41, 5.74) is 13.1. The smallest absolute Gasteiger partial charge is 0.240 e. The molecule has 0 radical (unpaired) electrons. The SMILES string of the molecule is CC(N)CN1C(=O)C(C)Sc2ccc(N)cc21. The molecule has 4 nitrogen and oxygen atoms in total. The van der Waals surface area contributed by atoms with E-state index in [1.807, 2.05) is 32.0 Å². The molecule has 0 bridgehead atoms. The van der Waals surface area contributed by atoms with Gasteiger partial charge in [0.1, 0.15) is 0 Å². The quantitative estimate of drug-likeness (QED) is 0.780. The summed E-state index contributed by atoms with van der Waals surface area (Å²) in [6, 6.07) is 5.61. The Morgan fingerprint density at radius 1 is 1.53 bits per heavy atom. The van der Waals surface area contributed by atoms with Crippen LogP contribution in [0.25, 0.3) is 0 Å². The van der Waals surface area contributed by atoms with Gasteiger partial charge >= 0.3 is 0 Å². The number of anilines is 2. The number of hydrogen-bond acceptors (Lipinski definition) is 4. The van der Waals surface area contributed by atoms with Crippen molar-refractivity contribution >= 4 is 29.0 Å². The van der Waals surface area contributed by atoms with Gasteiger partial charge in [-0.25, -0.2) is 0 Å². The largest absolute Gasteiger partial charge is 0.399 e. The fraction of sp³-hybridized carbons (Fsp3) is 0.417. The first kappa shape index (κ1) is 12.3. The predicted octanol–water partition coefficient (Wildman–Crippen LogP) is 1.44. The lowest BCUT2D eigenvalue weighted by atomic mass is 10.2. The standard InChI is InChI=1S/C12H17N3OS/c1-7(13)6-15-10-5-9(14)3-4-11(10)17-8(2)12(15)16/h3-5,7-8H,6,13-14H2,1-2H3. The Kier molecular flexibility index (Phi) is 3.31. The van der Waals surface area contributed by atoms with Crippen molar-refractivity contribution in [1.29, 1.82) is 0 Å². The summed E-state index contributed by atoms with van der Waals surface area (Å²) in [6.45, 7) is 4.34. The molecule has 1 aliphatic rings. The van der Waals surface area contributed by atoms with Gasteiger partial charge < -0.3 is 16.4 Å². The molecular weight excluding hydrogens is 234 g/mol. The maximum absolute atomic E-state index is 12.1. The van der Waals surface area contributed by atoms with Crippen LogP contribution in [0.15, 0.2) is 23.1 Å². The molecule has 1 aromatic carbocycles. The first-order chi connectivity index (χ1) is 7.99. The molecule has 2 rings (SSSR count). The highest BCUT2D eigenvalue weighted by Crippen LogP contribution is 2.39. The minimum Gasteiger partial charge on any atom is -0.399 e. The van der Waals surface area contributed by atoms with E-state index in [9.17, 15) is 4.79 Å². The van der Waals surface area contributed by atoms with E-state index in [1.165, 1.54) is 0 Å². The topological polar surface area (TPSA) is 72.3 Å². The average Bonchev–Trinajstić information content (AvgIpc) is 2.25. The van der Waals surface area contributed by atoms with Gasteiger partial charge in [0.05, 0.1) is 10.9 Å². The lowest BCUT2D eigenvalue weighted by molar-refractivity contribution is -0.118. The highest BCUT2D eigenvalue weighted by molar-refractivity contribution is 8.00. The number of fused-ring (bicyclic) bond motifs is 1. The summed E-state index contributed by atoms with van der Waals surface area (Å²) < 4.78 is 0.